The Bertz CT molecular complexity index is 941. The highest BCUT2D eigenvalue weighted by Gasteiger charge is 2.30. The van der Waals surface area contributed by atoms with Gasteiger partial charge in [0.05, 0.1) is 10.5 Å². The van der Waals surface area contributed by atoms with E-state index in [-0.39, 0.29) is 22.9 Å². The van der Waals surface area contributed by atoms with Crippen LogP contribution < -0.4 is 9.62 Å². The Morgan fingerprint density at radius 2 is 1.78 bits per heavy atom. The van der Waals surface area contributed by atoms with Gasteiger partial charge < -0.3 is 4.90 Å². The molecule has 144 valence electrons. The van der Waals surface area contributed by atoms with Crippen LogP contribution >= 0.6 is 0 Å². The number of sulfonamides is 1. The van der Waals surface area contributed by atoms with Gasteiger partial charge >= 0.3 is 6.18 Å². The number of carbonyl (C=O) groups excluding carboxylic acids is 1. The van der Waals surface area contributed by atoms with Gasteiger partial charge in [-0.1, -0.05) is 18.2 Å². The maximum atomic E-state index is 12.7. The minimum Gasteiger partial charge on any atom is -0.312 e. The van der Waals surface area contributed by atoms with E-state index in [2.05, 4.69) is 4.72 Å². The van der Waals surface area contributed by atoms with Crippen LogP contribution in [0.1, 0.15) is 24.0 Å². The number of hydrogen-bond donors (Lipinski definition) is 1. The first-order valence-electron chi connectivity index (χ1n) is 8.23. The van der Waals surface area contributed by atoms with Crippen LogP contribution in [-0.4, -0.2) is 20.9 Å². The lowest BCUT2D eigenvalue weighted by atomic mass is 10.1. The molecule has 1 N–H and O–H groups in total. The van der Waals surface area contributed by atoms with Gasteiger partial charge in [-0.3, -0.25) is 4.79 Å². The molecule has 0 atom stereocenters. The Kier molecular flexibility index (Phi) is 5.25. The summed E-state index contributed by atoms with van der Waals surface area (Å²) in [7, 11) is -3.90. The summed E-state index contributed by atoms with van der Waals surface area (Å²) in [5.74, 6) is -0.00622. The Morgan fingerprint density at radius 3 is 2.37 bits per heavy atom. The summed E-state index contributed by atoms with van der Waals surface area (Å²) in [5, 5.41) is 0. The molecular formula is C18H17F3N2O3S. The molecule has 1 aliphatic rings. The molecular weight excluding hydrogens is 381 g/mol. The van der Waals surface area contributed by atoms with Crippen molar-refractivity contribution < 1.29 is 26.4 Å². The predicted octanol–water partition coefficient (Wildman–Crippen LogP) is 3.31. The molecule has 0 aromatic heterocycles. The van der Waals surface area contributed by atoms with Gasteiger partial charge in [0.25, 0.3) is 0 Å². The topological polar surface area (TPSA) is 66.5 Å². The quantitative estimate of drug-likeness (QED) is 0.840. The fraction of sp³-hybridized carbons (Fsp3) is 0.278. The van der Waals surface area contributed by atoms with Crippen LogP contribution in [0.4, 0.5) is 18.9 Å². The van der Waals surface area contributed by atoms with Crippen LogP contribution in [0.25, 0.3) is 0 Å². The number of amides is 1. The van der Waals surface area contributed by atoms with Crippen molar-refractivity contribution in [3.8, 4) is 0 Å². The predicted molar refractivity (Wildman–Crippen MR) is 93.5 cm³/mol. The highest BCUT2D eigenvalue weighted by molar-refractivity contribution is 7.89. The molecule has 9 heteroatoms. The molecule has 2 aromatic carbocycles. The third-order valence-corrected chi connectivity index (χ3v) is 5.67. The molecule has 1 amide bonds. The van der Waals surface area contributed by atoms with Crippen molar-refractivity contribution in [2.75, 3.05) is 11.4 Å². The summed E-state index contributed by atoms with van der Waals surface area (Å²) in [5.41, 5.74) is -0.0131. The van der Waals surface area contributed by atoms with Crippen molar-refractivity contribution in [1.29, 1.82) is 0 Å². The number of rotatable bonds is 5. The molecule has 2 aromatic rings. The van der Waals surface area contributed by atoms with Crippen molar-refractivity contribution >= 4 is 21.6 Å². The number of nitrogens with one attached hydrogen (secondary N) is 1. The van der Waals surface area contributed by atoms with Crippen LogP contribution in [0, 0.1) is 0 Å². The summed E-state index contributed by atoms with van der Waals surface area (Å²) in [6.45, 7) is 0.331. The van der Waals surface area contributed by atoms with Crippen molar-refractivity contribution in [1.82, 2.24) is 4.72 Å². The maximum absolute atomic E-state index is 12.7. The molecule has 0 unspecified atom stereocenters. The standard InChI is InChI=1S/C18H17F3N2O3S/c19-18(20,21)14-4-1-3-13(11-14)12-22-27(25,26)16-8-6-15(7-9-16)23-10-2-5-17(23)24/h1,3-4,6-9,11,22H,2,5,10,12H2. The van der Waals surface area contributed by atoms with E-state index in [4.69, 9.17) is 0 Å². The second-order valence-electron chi connectivity index (χ2n) is 6.17. The van der Waals surface area contributed by atoms with E-state index >= 15 is 0 Å². The molecule has 0 spiro atoms. The van der Waals surface area contributed by atoms with Gasteiger partial charge in [0.2, 0.25) is 15.9 Å². The van der Waals surface area contributed by atoms with Gasteiger partial charge in [-0.05, 0) is 42.3 Å². The zero-order valence-electron chi connectivity index (χ0n) is 14.2. The Morgan fingerprint density at radius 1 is 1.07 bits per heavy atom. The number of alkyl halides is 3. The second kappa shape index (κ2) is 7.32. The summed E-state index contributed by atoms with van der Waals surface area (Å²) in [6.07, 6.45) is -3.26. The highest BCUT2D eigenvalue weighted by atomic mass is 32.2. The monoisotopic (exact) mass is 398 g/mol. The zero-order valence-corrected chi connectivity index (χ0v) is 15.0. The molecule has 0 radical (unpaired) electrons. The van der Waals surface area contributed by atoms with E-state index in [9.17, 15) is 26.4 Å². The maximum Gasteiger partial charge on any atom is 0.416 e. The SMILES string of the molecule is O=C1CCCN1c1ccc(S(=O)(=O)NCc2cccc(C(F)(F)F)c2)cc1. The molecule has 5 nitrogen and oxygen atoms in total. The number of benzene rings is 2. The lowest BCUT2D eigenvalue weighted by Crippen LogP contribution is -2.25. The lowest BCUT2D eigenvalue weighted by molar-refractivity contribution is -0.137. The number of halogens is 3. The minimum absolute atomic E-state index is 0.00622. The van der Waals surface area contributed by atoms with E-state index in [1.54, 1.807) is 17.0 Å². The van der Waals surface area contributed by atoms with Crippen molar-refractivity contribution in [3.63, 3.8) is 0 Å². The van der Waals surface area contributed by atoms with Crippen molar-refractivity contribution in [2.45, 2.75) is 30.5 Å². The van der Waals surface area contributed by atoms with Crippen molar-refractivity contribution in [3.05, 3.63) is 59.7 Å². The summed E-state index contributed by atoms with van der Waals surface area (Å²) >= 11 is 0. The smallest absolute Gasteiger partial charge is 0.312 e. The van der Waals surface area contributed by atoms with Crippen LogP contribution in [-0.2, 0) is 27.5 Å². The first kappa shape index (κ1) is 19.4. The zero-order chi connectivity index (χ0) is 19.7. The van der Waals surface area contributed by atoms with E-state index in [0.717, 1.165) is 18.6 Å². The van der Waals surface area contributed by atoms with E-state index in [1.165, 1.54) is 24.3 Å². The van der Waals surface area contributed by atoms with Crippen molar-refractivity contribution in [2.24, 2.45) is 0 Å². The van der Waals surface area contributed by atoms with Crippen LogP contribution in [0.3, 0.4) is 0 Å². The average Bonchev–Trinajstić information content (AvgIpc) is 3.06. The third-order valence-electron chi connectivity index (χ3n) is 4.25. The van der Waals surface area contributed by atoms with Crippen LogP contribution in [0.15, 0.2) is 53.4 Å². The molecule has 1 fully saturated rings. The van der Waals surface area contributed by atoms with E-state index in [1.807, 2.05) is 0 Å². The molecule has 3 rings (SSSR count). The average molecular weight is 398 g/mol. The summed E-state index contributed by atoms with van der Waals surface area (Å²) < 4.78 is 65.2. The summed E-state index contributed by atoms with van der Waals surface area (Å²) in [6, 6.07) is 10.3. The van der Waals surface area contributed by atoms with Gasteiger partial charge in [-0.25, -0.2) is 13.1 Å². The summed E-state index contributed by atoms with van der Waals surface area (Å²) in [4.78, 5) is 13.3. The Labute approximate surface area is 154 Å². The Hall–Kier alpha value is -2.39. The molecule has 0 bridgehead atoms. The van der Waals surface area contributed by atoms with E-state index in [0.29, 0.717) is 18.7 Å². The number of carbonyl (C=O) groups is 1. The van der Waals surface area contributed by atoms with Gasteiger partial charge in [0.1, 0.15) is 0 Å². The van der Waals surface area contributed by atoms with Crippen LogP contribution in [0.5, 0.6) is 0 Å². The molecule has 27 heavy (non-hydrogen) atoms. The molecule has 1 heterocycles. The fourth-order valence-electron chi connectivity index (χ4n) is 2.85. The molecule has 0 saturated carbocycles. The minimum atomic E-state index is -4.49. The van der Waals surface area contributed by atoms with E-state index < -0.39 is 21.8 Å². The van der Waals surface area contributed by atoms with Gasteiger partial charge in [0, 0.05) is 25.2 Å². The number of hydrogen-bond acceptors (Lipinski definition) is 3. The normalized spacial score (nSPS) is 15.4. The first-order chi connectivity index (χ1) is 12.7. The highest BCUT2D eigenvalue weighted by Crippen LogP contribution is 2.29. The lowest BCUT2D eigenvalue weighted by Gasteiger charge is -2.16. The third kappa shape index (κ3) is 4.48. The largest absolute Gasteiger partial charge is 0.416 e. The second-order valence-corrected chi connectivity index (χ2v) is 7.93. The van der Waals surface area contributed by atoms with Gasteiger partial charge in [-0.2, -0.15) is 13.2 Å². The number of nitrogens with zero attached hydrogens (tertiary/aromatic N) is 1. The fourth-order valence-corrected chi connectivity index (χ4v) is 3.86. The Balaban J connectivity index is 1.71. The number of anilines is 1. The van der Waals surface area contributed by atoms with Crippen LogP contribution in [0.2, 0.25) is 0 Å². The molecule has 1 saturated heterocycles. The van der Waals surface area contributed by atoms with Gasteiger partial charge in [0.15, 0.2) is 0 Å². The molecule has 0 aliphatic carbocycles. The molecule has 1 aliphatic heterocycles. The first-order valence-corrected chi connectivity index (χ1v) is 9.71. The van der Waals surface area contributed by atoms with Gasteiger partial charge in [-0.15, -0.1) is 0 Å².